The Morgan fingerprint density at radius 1 is 1.27 bits per heavy atom. The molecule has 5 rings (SSSR count). The number of pyridine rings is 1. The lowest BCUT2D eigenvalue weighted by Crippen LogP contribution is -2.33. The molecule has 172 valence electrons. The number of anilines is 1. The highest BCUT2D eigenvalue weighted by Gasteiger charge is 2.31. The monoisotopic (exact) mass is 499 g/mol. The molecule has 4 aromatic rings. The maximum atomic E-state index is 12.4. The lowest BCUT2D eigenvalue weighted by molar-refractivity contribution is -0.113. The first-order chi connectivity index (χ1) is 15.8. The van der Waals surface area contributed by atoms with E-state index in [-0.39, 0.29) is 17.3 Å². The van der Waals surface area contributed by atoms with Crippen molar-refractivity contribution >= 4 is 65.9 Å². The van der Waals surface area contributed by atoms with E-state index >= 15 is 0 Å². The Bertz CT molecular complexity index is 1330. The van der Waals surface area contributed by atoms with Crippen LogP contribution in [-0.2, 0) is 29.0 Å². The highest BCUT2D eigenvalue weighted by Crippen LogP contribution is 2.43. The molecule has 0 bridgehead atoms. The van der Waals surface area contributed by atoms with E-state index < -0.39 is 0 Å². The smallest absolute Gasteiger partial charge is 0.236 e. The van der Waals surface area contributed by atoms with E-state index in [0.29, 0.717) is 17.7 Å². The van der Waals surface area contributed by atoms with Gasteiger partial charge in [-0.05, 0) is 31.7 Å². The second kappa shape index (κ2) is 8.90. The number of ether oxygens (including phenoxy) is 1. The van der Waals surface area contributed by atoms with Gasteiger partial charge in [0.25, 0.3) is 0 Å². The van der Waals surface area contributed by atoms with E-state index in [1.54, 1.807) is 23.9 Å². The molecule has 0 unspecified atom stereocenters. The third kappa shape index (κ3) is 4.62. The largest absolute Gasteiger partial charge is 0.370 e. The Morgan fingerprint density at radius 2 is 2.12 bits per heavy atom. The van der Waals surface area contributed by atoms with Gasteiger partial charge in [0.15, 0.2) is 5.13 Å². The predicted octanol–water partition coefficient (Wildman–Crippen LogP) is 5.48. The lowest BCUT2D eigenvalue weighted by Gasteiger charge is -2.33. The average molecular weight is 500 g/mol. The molecule has 10 heteroatoms. The van der Waals surface area contributed by atoms with Gasteiger partial charge in [-0.2, -0.15) is 0 Å². The number of fused-ring (bicyclic) bond motifs is 5. The van der Waals surface area contributed by atoms with Crippen molar-refractivity contribution in [2.75, 3.05) is 11.1 Å². The van der Waals surface area contributed by atoms with Crippen molar-refractivity contribution < 1.29 is 9.53 Å². The van der Waals surface area contributed by atoms with Crippen LogP contribution in [0.4, 0.5) is 5.13 Å². The Morgan fingerprint density at radius 3 is 2.88 bits per heavy atom. The molecule has 0 saturated carbocycles. The number of thiophene rings is 1. The van der Waals surface area contributed by atoms with E-state index in [9.17, 15) is 4.79 Å². The van der Waals surface area contributed by atoms with Crippen LogP contribution >= 0.6 is 34.4 Å². The summed E-state index contributed by atoms with van der Waals surface area (Å²) in [4.78, 5) is 31.7. The molecule has 0 saturated heterocycles. The summed E-state index contributed by atoms with van der Waals surface area (Å²) >= 11 is 4.44. The fourth-order valence-corrected chi connectivity index (χ4v) is 6.68. The van der Waals surface area contributed by atoms with E-state index in [4.69, 9.17) is 9.72 Å². The zero-order valence-electron chi connectivity index (χ0n) is 19.0. The summed E-state index contributed by atoms with van der Waals surface area (Å²) in [6.07, 6.45) is 5.00. The summed E-state index contributed by atoms with van der Waals surface area (Å²) in [5.74, 6) is 0.660. The lowest BCUT2D eigenvalue weighted by atomic mass is 9.88. The summed E-state index contributed by atoms with van der Waals surface area (Å²) < 4.78 is 7.15. The van der Waals surface area contributed by atoms with Crippen molar-refractivity contribution in [3.63, 3.8) is 0 Å². The summed E-state index contributed by atoms with van der Waals surface area (Å²) in [6, 6.07) is 0. The molecule has 1 N–H and O–H groups in total. The van der Waals surface area contributed by atoms with Crippen LogP contribution in [0.1, 0.15) is 44.5 Å². The summed E-state index contributed by atoms with van der Waals surface area (Å²) in [6.45, 7) is 9.28. The van der Waals surface area contributed by atoms with E-state index in [1.807, 2.05) is 5.38 Å². The van der Waals surface area contributed by atoms with Crippen molar-refractivity contribution in [3.05, 3.63) is 34.7 Å². The van der Waals surface area contributed by atoms with Gasteiger partial charge >= 0.3 is 0 Å². The number of nitrogens with zero attached hydrogens (tertiary/aromatic N) is 4. The van der Waals surface area contributed by atoms with Crippen LogP contribution in [0.5, 0.6) is 0 Å². The minimum absolute atomic E-state index is 0.101. The number of carbonyl (C=O) groups excluding carboxylic acids is 1. The Hall–Kier alpha value is -2.14. The molecular formula is C23H25N5O2S3. The standard InChI is InChI=1S/C23H25N5O2S3/c1-12(2)7-15-14-9-30-23(3,4)8-13(14)17-18-19(33-20(17)27-15)21(26-11-25-18)32-10-16(29)28-22-24-5-6-31-22/h5-6,11-12H,7-10H2,1-4H3,(H,24,28,29). The second-order valence-electron chi connectivity index (χ2n) is 9.15. The van der Waals surface area contributed by atoms with Crippen LogP contribution in [0.15, 0.2) is 22.9 Å². The van der Waals surface area contributed by atoms with Gasteiger partial charge in [0.2, 0.25) is 5.91 Å². The average Bonchev–Trinajstić information content (AvgIpc) is 3.38. The van der Waals surface area contributed by atoms with Crippen molar-refractivity contribution in [2.24, 2.45) is 5.92 Å². The van der Waals surface area contributed by atoms with Crippen LogP contribution in [0.2, 0.25) is 0 Å². The predicted molar refractivity (Wildman–Crippen MR) is 135 cm³/mol. The third-order valence-corrected chi connectivity index (χ3v) is 8.39. The van der Waals surface area contributed by atoms with E-state index in [0.717, 1.165) is 44.0 Å². The van der Waals surface area contributed by atoms with Gasteiger partial charge in [-0.3, -0.25) is 4.79 Å². The molecule has 4 aromatic heterocycles. The first kappa shape index (κ1) is 22.6. The summed E-state index contributed by atoms with van der Waals surface area (Å²) in [5.41, 5.74) is 4.33. The zero-order chi connectivity index (χ0) is 23.2. The number of carbonyl (C=O) groups is 1. The van der Waals surface area contributed by atoms with Crippen LogP contribution in [0.3, 0.4) is 0 Å². The number of hydrogen-bond acceptors (Lipinski definition) is 9. The van der Waals surface area contributed by atoms with Crippen molar-refractivity contribution in [2.45, 2.75) is 57.8 Å². The van der Waals surface area contributed by atoms with Gasteiger partial charge in [-0.15, -0.1) is 22.7 Å². The van der Waals surface area contributed by atoms with Gasteiger partial charge in [0, 0.05) is 34.6 Å². The quantitative estimate of drug-likeness (QED) is 0.278. The van der Waals surface area contributed by atoms with Crippen molar-refractivity contribution in [3.8, 4) is 0 Å². The first-order valence-corrected chi connectivity index (χ1v) is 13.5. The molecule has 1 aliphatic rings. The van der Waals surface area contributed by atoms with Crippen molar-refractivity contribution in [1.29, 1.82) is 0 Å². The van der Waals surface area contributed by atoms with Gasteiger partial charge < -0.3 is 10.1 Å². The molecule has 0 fully saturated rings. The van der Waals surface area contributed by atoms with Gasteiger partial charge in [0.1, 0.15) is 16.2 Å². The molecular weight excluding hydrogens is 474 g/mol. The Labute approximate surface area is 204 Å². The molecule has 1 amide bonds. The zero-order valence-corrected chi connectivity index (χ0v) is 21.4. The number of thioether (sulfide) groups is 1. The minimum Gasteiger partial charge on any atom is -0.370 e. The number of rotatable bonds is 6. The van der Waals surface area contributed by atoms with Gasteiger partial charge in [-0.25, -0.2) is 19.9 Å². The molecule has 5 heterocycles. The number of amides is 1. The number of thiazole rings is 1. The normalized spacial score (nSPS) is 15.3. The molecule has 0 aliphatic carbocycles. The number of aromatic nitrogens is 4. The molecule has 1 aliphatic heterocycles. The SMILES string of the molecule is CC(C)Cc1nc2sc3c(SCC(=O)Nc4nccs4)ncnc3c2c2c1COC(C)(C)C2. The molecule has 0 atom stereocenters. The van der Waals surface area contributed by atoms with Gasteiger partial charge in [-0.1, -0.05) is 25.6 Å². The fraction of sp³-hybridized carbons (Fsp3) is 0.435. The van der Waals surface area contributed by atoms with Crippen molar-refractivity contribution in [1.82, 2.24) is 19.9 Å². The summed E-state index contributed by atoms with van der Waals surface area (Å²) in [7, 11) is 0. The van der Waals surface area contributed by atoms with Gasteiger partial charge in [0.05, 0.1) is 28.2 Å². The van der Waals surface area contributed by atoms with E-state index in [2.05, 4.69) is 48.0 Å². The molecule has 0 spiro atoms. The maximum Gasteiger partial charge on any atom is 0.236 e. The number of nitrogens with one attached hydrogen (secondary N) is 1. The van der Waals surface area contributed by atoms with Crippen LogP contribution < -0.4 is 5.32 Å². The van der Waals surface area contributed by atoms with Crippen LogP contribution in [0, 0.1) is 5.92 Å². The van der Waals surface area contributed by atoms with Crippen LogP contribution in [-0.4, -0.2) is 37.2 Å². The minimum atomic E-state index is -0.233. The third-order valence-electron chi connectivity index (χ3n) is 5.50. The fourth-order valence-electron chi connectivity index (χ4n) is 4.09. The number of hydrogen-bond donors (Lipinski definition) is 1. The molecule has 0 radical (unpaired) electrons. The topological polar surface area (TPSA) is 89.9 Å². The Balaban J connectivity index is 1.55. The molecule has 33 heavy (non-hydrogen) atoms. The summed E-state index contributed by atoms with van der Waals surface area (Å²) in [5, 5.41) is 7.19. The maximum absolute atomic E-state index is 12.4. The van der Waals surface area contributed by atoms with Crippen LogP contribution in [0.25, 0.3) is 20.4 Å². The second-order valence-corrected chi connectivity index (χ2v) is 12.0. The molecule has 0 aromatic carbocycles. The first-order valence-electron chi connectivity index (χ1n) is 10.8. The highest BCUT2D eigenvalue weighted by molar-refractivity contribution is 8.00. The molecule has 7 nitrogen and oxygen atoms in total. The highest BCUT2D eigenvalue weighted by atomic mass is 32.2. The Kier molecular flexibility index (Phi) is 6.11. The van der Waals surface area contributed by atoms with E-state index in [1.165, 1.54) is 34.2 Å².